The summed E-state index contributed by atoms with van der Waals surface area (Å²) in [5.74, 6) is 2.25. The summed E-state index contributed by atoms with van der Waals surface area (Å²) in [6.07, 6.45) is 12.0. The Morgan fingerprint density at radius 3 is 2.57 bits per heavy atom. The summed E-state index contributed by atoms with van der Waals surface area (Å²) in [6.45, 7) is 6.68. The number of rotatable bonds is 3. The molecule has 0 amide bonds. The molecule has 2 heterocycles. The van der Waals surface area contributed by atoms with Crippen molar-refractivity contribution in [3.63, 3.8) is 0 Å². The van der Waals surface area contributed by atoms with Crippen molar-refractivity contribution in [1.29, 1.82) is 0 Å². The first kappa shape index (κ1) is 17.4. The second-order valence-electron chi connectivity index (χ2n) is 5.69. The third-order valence-electron chi connectivity index (χ3n) is 3.81. The molecule has 4 heteroatoms. The van der Waals surface area contributed by atoms with Gasteiger partial charge in [0.2, 0.25) is 5.88 Å². The first-order chi connectivity index (χ1) is 11.3. The van der Waals surface area contributed by atoms with E-state index in [-0.39, 0.29) is 0 Å². The molecule has 23 heavy (non-hydrogen) atoms. The monoisotopic (exact) mass is 313 g/mol. The first-order valence-electron chi connectivity index (χ1n) is 8.65. The molecule has 1 saturated carbocycles. The number of hydrogen-bond donors (Lipinski definition) is 0. The molecule has 2 aliphatic carbocycles. The van der Waals surface area contributed by atoms with E-state index >= 15 is 0 Å². The fourth-order valence-corrected chi connectivity index (χ4v) is 2.40. The summed E-state index contributed by atoms with van der Waals surface area (Å²) in [4.78, 5) is 12.2. The summed E-state index contributed by atoms with van der Waals surface area (Å²) in [5.41, 5.74) is 2.96. The third kappa shape index (κ3) is 5.97. The van der Waals surface area contributed by atoms with E-state index in [1.807, 2.05) is 33.2 Å². The van der Waals surface area contributed by atoms with E-state index in [0.717, 1.165) is 18.3 Å². The van der Waals surface area contributed by atoms with E-state index < -0.39 is 0 Å². The summed E-state index contributed by atoms with van der Waals surface area (Å²) in [6, 6.07) is 3.93. The second-order valence-corrected chi connectivity index (χ2v) is 5.69. The van der Waals surface area contributed by atoms with Gasteiger partial charge < -0.3 is 4.74 Å². The number of aromatic nitrogens is 3. The summed E-state index contributed by atoms with van der Waals surface area (Å²) in [7, 11) is 0. The van der Waals surface area contributed by atoms with Gasteiger partial charge in [-0.25, -0.2) is 4.98 Å². The zero-order valence-corrected chi connectivity index (χ0v) is 14.5. The predicted octanol–water partition coefficient (Wildman–Crippen LogP) is 4.17. The van der Waals surface area contributed by atoms with Gasteiger partial charge in [-0.2, -0.15) is 4.98 Å². The van der Waals surface area contributed by atoms with Crippen LogP contribution in [0.15, 0.2) is 30.7 Å². The van der Waals surface area contributed by atoms with Crippen molar-refractivity contribution in [3.05, 3.63) is 47.7 Å². The molecule has 0 bridgehead atoms. The standard InChI is InChI=1S/C9H12N2O.C8H9N.C2H6/c1-7-10-5-4-9(11-7)12-6-8-2-3-8;1-2-7-4-5-9-6-8(7)3-1;1-2/h4-5,8H,2-3,6H2,1H3;4-6H,1-3H2;1-2H3. The Hall–Kier alpha value is -1.97. The summed E-state index contributed by atoms with van der Waals surface area (Å²) >= 11 is 0. The second kappa shape index (κ2) is 9.23. The molecule has 0 aromatic carbocycles. The average Bonchev–Trinajstić information content (AvgIpc) is 3.30. The molecule has 2 aromatic heterocycles. The van der Waals surface area contributed by atoms with E-state index in [4.69, 9.17) is 4.74 Å². The minimum Gasteiger partial charge on any atom is -0.477 e. The van der Waals surface area contributed by atoms with E-state index in [0.29, 0.717) is 5.88 Å². The van der Waals surface area contributed by atoms with Crippen LogP contribution in [0.3, 0.4) is 0 Å². The van der Waals surface area contributed by atoms with Gasteiger partial charge in [0, 0.05) is 24.7 Å². The van der Waals surface area contributed by atoms with E-state index in [1.165, 1.54) is 43.2 Å². The zero-order valence-electron chi connectivity index (χ0n) is 14.5. The fourth-order valence-electron chi connectivity index (χ4n) is 2.40. The van der Waals surface area contributed by atoms with Crippen molar-refractivity contribution in [2.45, 2.75) is 52.9 Å². The molecule has 4 rings (SSSR count). The van der Waals surface area contributed by atoms with E-state index in [1.54, 1.807) is 12.3 Å². The lowest BCUT2D eigenvalue weighted by Crippen LogP contribution is -2.01. The predicted molar refractivity (Wildman–Crippen MR) is 92.6 cm³/mol. The molecule has 0 unspecified atom stereocenters. The van der Waals surface area contributed by atoms with Crippen molar-refractivity contribution in [1.82, 2.24) is 15.0 Å². The maximum atomic E-state index is 5.46. The minimum atomic E-state index is 0.703. The Kier molecular flexibility index (Phi) is 6.98. The molecular weight excluding hydrogens is 286 g/mol. The van der Waals surface area contributed by atoms with Gasteiger partial charge in [0.05, 0.1) is 6.61 Å². The largest absolute Gasteiger partial charge is 0.477 e. The average molecular weight is 313 g/mol. The van der Waals surface area contributed by atoms with Crippen LogP contribution in [0.4, 0.5) is 0 Å². The van der Waals surface area contributed by atoms with Crippen LogP contribution in [0, 0.1) is 12.8 Å². The van der Waals surface area contributed by atoms with Crippen LogP contribution in [0.1, 0.15) is 50.1 Å². The number of aryl methyl sites for hydroxylation is 3. The smallest absolute Gasteiger partial charge is 0.216 e. The number of ether oxygens (including phenoxy) is 1. The molecule has 2 aliphatic rings. The molecule has 124 valence electrons. The van der Waals surface area contributed by atoms with Crippen molar-refractivity contribution >= 4 is 0 Å². The molecule has 0 spiro atoms. The van der Waals surface area contributed by atoms with Crippen molar-refractivity contribution in [3.8, 4) is 5.88 Å². The molecule has 0 aliphatic heterocycles. The SMILES string of the molecule is CC.Cc1nccc(OCC2CC2)n1.c1cc2c(cn1)CCC2. The minimum absolute atomic E-state index is 0.703. The van der Waals surface area contributed by atoms with E-state index in [9.17, 15) is 0 Å². The molecule has 0 saturated heterocycles. The molecule has 0 N–H and O–H groups in total. The Morgan fingerprint density at radius 1 is 1.09 bits per heavy atom. The lowest BCUT2D eigenvalue weighted by atomic mass is 10.2. The van der Waals surface area contributed by atoms with Crippen molar-refractivity contribution in [2.24, 2.45) is 5.92 Å². The van der Waals surface area contributed by atoms with Gasteiger partial charge in [-0.05, 0) is 62.1 Å². The van der Waals surface area contributed by atoms with Crippen molar-refractivity contribution in [2.75, 3.05) is 6.61 Å². The van der Waals surface area contributed by atoms with Crippen LogP contribution in [-0.2, 0) is 12.8 Å². The van der Waals surface area contributed by atoms with Crippen LogP contribution in [-0.4, -0.2) is 21.6 Å². The Bertz CT molecular complexity index is 574. The molecule has 2 aromatic rings. The van der Waals surface area contributed by atoms with Gasteiger partial charge in [0.15, 0.2) is 0 Å². The maximum Gasteiger partial charge on any atom is 0.216 e. The summed E-state index contributed by atoms with van der Waals surface area (Å²) < 4.78 is 5.46. The highest BCUT2D eigenvalue weighted by Crippen LogP contribution is 2.29. The normalized spacial score (nSPS) is 14.7. The van der Waals surface area contributed by atoms with Crippen LogP contribution >= 0.6 is 0 Å². The van der Waals surface area contributed by atoms with Gasteiger partial charge in [-0.3, -0.25) is 4.98 Å². The molecule has 1 fully saturated rings. The lowest BCUT2D eigenvalue weighted by Gasteiger charge is -2.02. The number of pyridine rings is 1. The topological polar surface area (TPSA) is 47.9 Å². The highest BCUT2D eigenvalue weighted by molar-refractivity contribution is 5.27. The van der Waals surface area contributed by atoms with E-state index in [2.05, 4.69) is 21.0 Å². The van der Waals surface area contributed by atoms with Gasteiger partial charge in [0.25, 0.3) is 0 Å². The lowest BCUT2D eigenvalue weighted by molar-refractivity contribution is 0.287. The van der Waals surface area contributed by atoms with Crippen LogP contribution in [0.5, 0.6) is 5.88 Å². The number of hydrogen-bond acceptors (Lipinski definition) is 4. The van der Waals surface area contributed by atoms with Crippen LogP contribution in [0.2, 0.25) is 0 Å². The van der Waals surface area contributed by atoms with Gasteiger partial charge in [0.1, 0.15) is 5.82 Å². The van der Waals surface area contributed by atoms with Crippen LogP contribution < -0.4 is 4.74 Å². The Labute approximate surface area is 139 Å². The van der Waals surface area contributed by atoms with Crippen molar-refractivity contribution < 1.29 is 4.74 Å². The summed E-state index contributed by atoms with van der Waals surface area (Å²) in [5, 5.41) is 0. The molecule has 0 atom stereocenters. The number of fused-ring (bicyclic) bond motifs is 1. The Morgan fingerprint density at radius 2 is 1.87 bits per heavy atom. The third-order valence-corrected chi connectivity index (χ3v) is 3.81. The zero-order chi connectivity index (χ0) is 16.5. The molecule has 0 radical (unpaired) electrons. The molecular formula is C19H27N3O. The van der Waals surface area contributed by atoms with Gasteiger partial charge in [-0.1, -0.05) is 13.8 Å². The van der Waals surface area contributed by atoms with Gasteiger partial charge in [-0.15, -0.1) is 0 Å². The fraction of sp³-hybridized carbons (Fsp3) is 0.526. The highest BCUT2D eigenvalue weighted by atomic mass is 16.5. The quantitative estimate of drug-likeness (QED) is 0.853. The number of nitrogens with zero attached hydrogens (tertiary/aromatic N) is 3. The first-order valence-corrected chi connectivity index (χ1v) is 8.65. The Balaban J connectivity index is 0.000000155. The highest BCUT2D eigenvalue weighted by Gasteiger charge is 2.22. The van der Waals surface area contributed by atoms with Gasteiger partial charge >= 0.3 is 0 Å². The maximum absolute atomic E-state index is 5.46. The van der Waals surface area contributed by atoms with Crippen LogP contribution in [0.25, 0.3) is 0 Å². The molecule has 4 nitrogen and oxygen atoms in total.